The van der Waals surface area contributed by atoms with Crippen molar-refractivity contribution < 1.29 is 49.0 Å². The van der Waals surface area contributed by atoms with Crippen LogP contribution in [0.25, 0.3) is 0 Å². The van der Waals surface area contributed by atoms with E-state index in [1.54, 1.807) is 0 Å². The predicted octanol–water partition coefficient (Wildman–Crippen LogP) is 4.56. The third-order valence-corrected chi connectivity index (χ3v) is 3.41. The van der Waals surface area contributed by atoms with Crippen molar-refractivity contribution in [2.24, 2.45) is 7.05 Å². The molecule has 0 aliphatic heterocycles. The van der Waals surface area contributed by atoms with E-state index >= 15 is 0 Å². The first kappa shape index (κ1) is 22.4. The van der Waals surface area contributed by atoms with Crippen LogP contribution in [0.1, 0.15) is 16.1 Å². The van der Waals surface area contributed by atoms with Crippen LogP contribution < -0.4 is 10.1 Å². The number of rotatable bonds is 6. The van der Waals surface area contributed by atoms with Gasteiger partial charge in [-0.25, -0.2) is 13.5 Å². The first-order valence-electron chi connectivity index (χ1n) is 7.42. The van der Waals surface area contributed by atoms with E-state index in [0.29, 0.717) is 7.05 Å². The van der Waals surface area contributed by atoms with Gasteiger partial charge in [0, 0.05) is 12.7 Å². The highest BCUT2D eigenvalue weighted by atomic mass is 19.4. The van der Waals surface area contributed by atoms with E-state index in [1.165, 1.54) is 30.3 Å². The summed E-state index contributed by atoms with van der Waals surface area (Å²) >= 11 is 0. The van der Waals surface area contributed by atoms with Crippen LogP contribution in [0, 0.1) is 0 Å². The fourth-order valence-corrected chi connectivity index (χ4v) is 2.06. The number of amides is 1. The van der Waals surface area contributed by atoms with Crippen LogP contribution in [0.15, 0.2) is 30.3 Å². The fraction of sp³-hybridized carbons (Fsp3) is 0.333. The molecule has 0 saturated carbocycles. The average Bonchev–Trinajstić information content (AvgIpc) is 2.92. The molecule has 0 atom stereocenters. The van der Waals surface area contributed by atoms with Gasteiger partial charge < -0.3 is 10.1 Å². The second-order valence-corrected chi connectivity index (χ2v) is 5.51. The van der Waals surface area contributed by atoms with Crippen molar-refractivity contribution in [2.75, 3.05) is 5.32 Å². The number of aryl methyl sites for hydroxylation is 1. The van der Waals surface area contributed by atoms with Crippen LogP contribution in [0.4, 0.5) is 45.2 Å². The number of halogens is 9. The topological polar surface area (TPSA) is 56.2 Å². The Balaban J connectivity index is 2.55. The van der Waals surface area contributed by atoms with Crippen molar-refractivity contribution in [3.05, 3.63) is 41.6 Å². The quantitative estimate of drug-likeness (QED) is 0.677. The summed E-state index contributed by atoms with van der Waals surface area (Å²) in [5.74, 6) is -9.54. The van der Waals surface area contributed by atoms with Crippen molar-refractivity contribution in [1.29, 1.82) is 0 Å². The lowest BCUT2D eigenvalue weighted by atomic mass is 10.2. The third kappa shape index (κ3) is 4.40. The van der Waals surface area contributed by atoms with Crippen LogP contribution in [0.2, 0.25) is 0 Å². The summed E-state index contributed by atoms with van der Waals surface area (Å²) in [4.78, 5) is 12.3. The molecule has 0 aliphatic carbocycles. The first-order valence-corrected chi connectivity index (χ1v) is 7.42. The average molecular weight is 435 g/mol. The van der Waals surface area contributed by atoms with Crippen molar-refractivity contribution in [3.8, 4) is 5.88 Å². The van der Waals surface area contributed by atoms with E-state index in [-0.39, 0.29) is 10.4 Å². The summed E-state index contributed by atoms with van der Waals surface area (Å²) in [5, 5.41) is 4.71. The second kappa shape index (κ2) is 7.48. The monoisotopic (exact) mass is 435 g/mol. The Labute approximate surface area is 156 Å². The molecule has 5 nitrogen and oxygen atoms in total. The summed E-state index contributed by atoms with van der Waals surface area (Å²) in [6.07, 6.45) is -16.3. The largest absolute Gasteiger partial charge is 0.471 e. The number of aromatic nitrogens is 2. The van der Waals surface area contributed by atoms with E-state index in [2.05, 4.69) is 9.84 Å². The van der Waals surface area contributed by atoms with Gasteiger partial charge in [-0.3, -0.25) is 4.79 Å². The number of ether oxygens (including phenoxy) is 1. The van der Waals surface area contributed by atoms with Crippen molar-refractivity contribution >= 4 is 11.6 Å². The minimum Gasteiger partial charge on any atom is -0.409 e. The van der Waals surface area contributed by atoms with Crippen LogP contribution in [0.3, 0.4) is 0 Å². The molecule has 29 heavy (non-hydrogen) atoms. The molecule has 1 N–H and O–H groups in total. The minimum absolute atomic E-state index is 0.0786. The predicted molar refractivity (Wildman–Crippen MR) is 79.1 cm³/mol. The third-order valence-electron chi connectivity index (χ3n) is 3.41. The number of para-hydroxylation sites is 1. The molecule has 1 aromatic carbocycles. The molecule has 0 unspecified atom stereocenters. The molecule has 0 aliphatic rings. The smallest absolute Gasteiger partial charge is 0.409 e. The Morgan fingerprint density at radius 3 is 2.10 bits per heavy atom. The van der Waals surface area contributed by atoms with Crippen LogP contribution >= 0.6 is 0 Å². The lowest BCUT2D eigenvalue weighted by molar-refractivity contribution is -0.343. The number of carbonyl (C=O) groups excluding carboxylic acids is 1. The Morgan fingerprint density at radius 1 is 1.07 bits per heavy atom. The maximum Gasteiger partial charge on any atom is 0.471 e. The van der Waals surface area contributed by atoms with Gasteiger partial charge in [-0.05, 0) is 12.1 Å². The lowest BCUT2D eigenvalue weighted by Crippen LogP contribution is -2.50. The summed E-state index contributed by atoms with van der Waals surface area (Å²) in [5.41, 5.74) is -3.81. The van der Waals surface area contributed by atoms with Crippen LogP contribution in [0.5, 0.6) is 5.88 Å². The number of benzene rings is 1. The Kier molecular flexibility index (Phi) is 5.77. The van der Waals surface area contributed by atoms with Crippen molar-refractivity contribution in [1.82, 2.24) is 9.78 Å². The molecule has 0 fully saturated rings. The van der Waals surface area contributed by atoms with E-state index in [0.717, 1.165) is 0 Å². The molecule has 2 rings (SSSR count). The zero-order valence-corrected chi connectivity index (χ0v) is 14.1. The van der Waals surface area contributed by atoms with Gasteiger partial charge in [0.05, 0.1) is 0 Å². The number of hydrogen-bond acceptors (Lipinski definition) is 3. The number of hydrogen-bond donors (Lipinski definition) is 1. The molecule has 1 aromatic heterocycles. The summed E-state index contributed by atoms with van der Waals surface area (Å²) in [7, 11) is 0.570. The summed E-state index contributed by atoms with van der Waals surface area (Å²) < 4.78 is 121. The molecule has 1 amide bonds. The Bertz CT molecular complexity index is 879. The number of anilines is 1. The maximum absolute atomic E-state index is 13.6. The SMILES string of the molecule is Cn1nc(C(F)(F)F)c(C(=O)Nc2ccccc2)c1OC(F)(F)C(F)(F)C(F)F. The molecule has 14 heteroatoms. The fourth-order valence-electron chi connectivity index (χ4n) is 2.06. The second-order valence-electron chi connectivity index (χ2n) is 5.51. The number of alkyl halides is 9. The molecule has 160 valence electrons. The molecular formula is C15H10F9N3O2. The number of nitrogens with zero attached hydrogens (tertiary/aromatic N) is 2. The molecule has 0 spiro atoms. The van der Waals surface area contributed by atoms with Gasteiger partial charge in [-0.2, -0.15) is 35.8 Å². The lowest BCUT2D eigenvalue weighted by Gasteiger charge is -2.25. The summed E-state index contributed by atoms with van der Waals surface area (Å²) in [6.45, 7) is 0. The Morgan fingerprint density at radius 2 is 1.62 bits per heavy atom. The number of carbonyl (C=O) groups is 1. The molecule has 2 aromatic rings. The zero-order chi connectivity index (χ0) is 22.2. The van der Waals surface area contributed by atoms with Crippen molar-refractivity contribution in [2.45, 2.75) is 24.6 Å². The molecule has 0 bridgehead atoms. The van der Waals surface area contributed by atoms with Gasteiger partial charge in [0.2, 0.25) is 5.88 Å². The van der Waals surface area contributed by atoms with E-state index in [1.807, 2.05) is 5.32 Å². The van der Waals surface area contributed by atoms with Crippen LogP contribution in [-0.2, 0) is 13.2 Å². The highest BCUT2D eigenvalue weighted by Crippen LogP contribution is 2.43. The molecular weight excluding hydrogens is 425 g/mol. The normalized spacial score (nSPS) is 12.9. The molecule has 0 saturated heterocycles. The van der Waals surface area contributed by atoms with Gasteiger partial charge in [-0.15, -0.1) is 0 Å². The highest BCUT2D eigenvalue weighted by Gasteiger charge is 2.66. The van der Waals surface area contributed by atoms with Gasteiger partial charge in [0.25, 0.3) is 5.91 Å². The summed E-state index contributed by atoms with van der Waals surface area (Å²) in [6, 6.07) is 6.68. The number of nitrogens with one attached hydrogen (secondary N) is 1. The Hall–Kier alpha value is -2.93. The van der Waals surface area contributed by atoms with E-state index in [4.69, 9.17) is 0 Å². The van der Waals surface area contributed by atoms with Crippen LogP contribution in [-0.4, -0.2) is 34.1 Å². The van der Waals surface area contributed by atoms with Gasteiger partial charge in [-0.1, -0.05) is 18.2 Å². The molecule has 0 radical (unpaired) electrons. The van der Waals surface area contributed by atoms with Gasteiger partial charge >= 0.3 is 24.6 Å². The standard InChI is InChI=1S/C15H10F9N3O2/c1-27-11(29-15(23,24)13(18,19)12(16)17)8(9(26-27)14(20,21)22)10(28)25-7-5-3-2-4-6-7/h2-6,12H,1H3,(H,25,28). The van der Waals surface area contributed by atoms with Gasteiger partial charge in [0.1, 0.15) is 5.56 Å². The maximum atomic E-state index is 13.6. The zero-order valence-electron chi connectivity index (χ0n) is 14.1. The van der Waals surface area contributed by atoms with E-state index < -0.39 is 47.7 Å². The highest BCUT2D eigenvalue weighted by molar-refractivity contribution is 6.07. The van der Waals surface area contributed by atoms with Crippen molar-refractivity contribution in [3.63, 3.8) is 0 Å². The minimum atomic E-state index is -6.07. The first-order chi connectivity index (χ1) is 13.2. The van der Waals surface area contributed by atoms with Gasteiger partial charge in [0.15, 0.2) is 5.69 Å². The molecule has 1 heterocycles. The van der Waals surface area contributed by atoms with E-state index in [9.17, 15) is 44.3 Å².